The molecule has 40 heteroatoms. The summed E-state index contributed by atoms with van der Waals surface area (Å²) < 4.78 is 1.85. The predicted molar refractivity (Wildman–Crippen MR) is 402 cm³/mol. The van der Waals surface area contributed by atoms with Crippen LogP contribution < -0.4 is 5.32 Å². The Bertz CT molecular complexity index is 2000. The molecule has 2 aromatic carbocycles. The molecule has 0 fully saturated rings. The number of rotatable bonds is 16. The number of aromatic nitrogens is 4. The first-order valence-electron chi connectivity index (χ1n) is 23.1. The molecule has 0 aliphatic rings. The molecule has 2 heterocycles. The number of aryl methyl sites for hydroxylation is 1. The first kappa shape index (κ1) is 59.8. The number of nitrogens with one attached hydrogen (secondary N) is 1. The van der Waals surface area contributed by atoms with Gasteiger partial charge in [0.1, 0.15) is 11.6 Å². The minimum absolute atomic E-state index is 0.0580. The van der Waals surface area contributed by atoms with Gasteiger partial charge in [-0.15, -0.1) is 11.6 Å². The Balaban J connectivity index is 0.000000331. The van der Waals surface area contributed by atoms with Crippen molar-refractivity contribution in [3.8, 4) is 0 Å². The minimum Gasteiger partial charge on any atom is -0.365 e. The van der Waals surface area contributed by atoms with E-state index in [0.717, 1.165) is 22.4 Å². The normalized spacial score (nSPS) is 24.3. The van der Waals surface area contributed by atoms with E-state index >= 15 is 0 Å². The lowest BCUT2D eigenvalue weighted by atomic mass is 10.1. The number of anilines is 1. The van der Waals surface area contributed by atoms with Gasteiger partial charge in [-0.3, -0.25) is 0 Å². The molecule has 0 aliphatic heterocycles. The number of alkyl halides is 1. The summed E-state index contributed by atoms with van der Waals surface area (Å²) in [4.78, 5) is 9.15. The smallest absolute Gasteiger partial charge is 0.163 e. The maximum absolute atomic E-state index is 6.60. The van der Waals surface area contributed by atoms with Gasteiger partial charge in [0, 0.05) is 6.54 Å². The molecular weight excluding hydrogens is 1310 g/mol. The van der Waals surface area contributed by atoms with Crippen molar-refractivity contribution in [2.75, 3.05) is 5.32 Å². The highest BCUT2D eigenvalue weighted by Crippen LogP contribution is 2.47. The summed E-state index contributed by atoms with van der Waals surface area (Å²) in [5.74, 6) is 1.49. The van der Waals surface area contributed by atoms with Crippen molar-refractivity contribution in [1.82, 2.24) is 19.7 Å². The van der Waals surface area contributed by atoms with Crippen LogP contribution in [-0.2, 0) is 13.1 Å². The fourth-order valence-electron chi connectivity index (χ4n) is 16.2. The van der Waals surface area contributed by atoms with E-state index in [1.54, 1.807) is 6.20 Å². The molecule has 1 atom stereocenters. The van der Waals surface area contributed by atoms with Gasteiger partial charge in [-0.25, -0.2) is 14.6 Å². The maximum Gasteiger partial charge on any atom is 0.163 e. The Morgan fingerprint density at radius 1 is 0.590 bits per heavy atom. The van der Waals surface area contributed by atoms with Crippen LogP contribution in [0.25, 0.3) is 11.0 Å². The largest absolute Gasteiger partial charge is 0.365 e. The second-order valence-corrected chi connectivity index (χ2v) is 526. The van der Waals surface area contributed by atoms with Gasteiger partial charge in [-0.2, -0.15) is 5.10 Å². The highest BCUT2D eigenvalue weighted by Gasteiger charge is 2.84. The van der Waals surface area contributed by atoms with E-state index in [1.165, 1.54) is 5.56 Å². The fourth-order valence-corrected chi connectivity index (χ4v) is 3210. The molecule has 61 heavy (non-hydrogen) atoms. The van der Waals surface area contributed by atoms with Gasteiger partial charge in [0.05, 0.1) is 23.5 Å². The summed E-state index contributed by atoms with van der Waals surface area (Å²) in [6.07, 6.45) is -3.44. The van der Waals surface area contributed by atoms with E-state index in [2.05, 4.69) is 32.5 Å². The van der Waals surface area contributed by atoms with Crippen LogP contribution in [0, 0.1) is 6.92 Å². The van der Waals surface area contributed by atoms with E-state index in [4.69, 9.17) is 11.6 Å². The summed E-state index contributed by atoms with van der Waals surface area (Å²) in [5, 5.41) is 8.63. The second kappa shape index (κ2) is 22.1. The maximum atomic E-state index is 6.60. The number of halogens is 1. The molecule has 0 bridgehead atoms. The lowest BCUT2D eigenvalue weighted by Crippen LogP contribution is -3.21. The van der Waals surface area contributed by atoms with Crippen molar-refractivity contribution in [2.45, 2.75) is 25.4 Å². The summed E-state index contributed by atoms with van der Waals surface area (Å²) in [6, 6.07) is 20.2. The highest BCUT2D eigenvalue weighted by atomic mass is 35.5. The van der Waals surface area contributed by atoms with E-state index < -0.39 is 61.4 Å². The fraction of sp³-hybridized carbons (Fsp3) is 0.190. The summed E-state index contributed by atoms with van der Waals surface area (Å²) in [7, 11) is 46.2. The number of benzene rings is 2. The van der Waals surface area contributed by atoms with Crippen LogP contribution in [-0.4, -0.2) is 313 Å². The van der Waals surface area contributed by atoms with Crippen molar-refractivity contribution in [3.05, 3.63) is 83.8 Å². The molecule has 0 aliphatic carbocycles. The van der Waals surface area contributed by atoms with E-state index in [1.807, 2.05) is 285 Å². The molecule has 4 rings (SSSR count). The Kier molecular flexibility index (Phi) is 21.6. The molecular formula is C21H90ClN5Si34. The van der Waals surface area contributed by atoms with Crippen LogP contribution >= 0.6 is 11.6 Å². The number of hydrogen-bond acceptors (Lipinski definition) is 4. The lowest BCUT2D eigenvalue weighted by Gasteiger charge is -2.83. The van der Waals surface area contributed by atoms with Gasteiger partial charge in [-0.1, -0.05) is 60.7 Å². The molecule has 2 aromatic heterocycles. The first-order chi connectivity index (χ1) is 27.4. The Morgan fingerprint density at radius 2 is 1.00 bits per heavy atom. The third kappa shape index (κ3) is 11.9. The monoisotopic (exact) mass is 1400 g/mol. The number of hydrogen-bond donors (Lipinski definition) is 1. The van der Waals surface area contributed by atoms with Gasteiger partial charge in [0.15, 0.2) is 5.65 Å². The van der Waals surface area contributed by atoms with E-state index in [-0.39, 0.29) is 12.7 Å². The summed E-state index contributed by atoms with van der Waals surface area (Å²) in [5.41, 5.74) is 3.05. The molecule has 0 amide bonds. The molecule has 0 radical (unpaired) electrons. The minimum atomic E-state index is -0.612. The molecule has 1 N–H and O–H groups in total. The summed E-state index contributed by atoms with van der Waals surface area (Å²) >= 11 is 6.60. The van der Waals surface area contributed by atoms with Gasteiger partial charge in [0.2, 0.25) is 0 Å². The van der Waals surface area contributed by atoms with Crippen molar-refractivity contribution in [3.63, 3.8) is 0 Å². The molecule has 1 unspecified atom stereocenters. The molecule has 0 saturated heterocycles. The van der Waals surface area contributed by atoms with E-state index in [9.17, 15) is 0 Å². The SMILES string of the molecule is Cc1nc(NCc2ccccc2)c2cnn(CC(Cl)c3ccccc3)c2n1.[SiH3][SiH]([SiH3])[Si]([Si]([SiH3])([SiH3])[SiH3])([Si]([SiH3])([SiH3])[SiH3])[Si]([Si]([SiH3])([SiH3])[SiH3])([Si]([SiH3])([SiH3])[SiH3])[Si]([Si]([SiH3])([SiH3])[SiH3])([Si]([SiH3])([SiH3])[SiH3])[Si]([SiH3])([SiH3])[SiH3]. The molecule has 0 saturated carbocycles. The standard InChI is InChI=1S/C21H20ClN5.H70Si34/c1-15-25-20(23-12-16-8-4-2-5-9-16)18-13-24-27(21(18)26-15)14-19(22)17-10-6-3-7-11-17;1-24(2)32(25(3,4)5,26(6,7)8)34(30(18,19)20,31(21,22)23)33(27(9,10)11,28(12,13)14)29(15,16)17/h2-11,13,19H,12,14H2,1H3,(H,23,25,26);24H,1-23H3. The first-order valence-corrected chi connectivity index (χ1v) is 137. The molecule has 5 nitrogen and oxygen atoms in total. The molecule has 4 aromatic rings. The lowest BCUT2D eigenvalue weighted by molar-refractivity contribution is 0.615. The third-order valence-electron chi connectivity index (χ3n) is 14.4. The highest BCUT2D eigenvalue weighted by molar-refractivity contribution is 8.60. The van der Waals surface area contributed by atoms with Crippen LogP contribution in [0.1, 0.15) is 22.3 Å². The van der Waals surface area contributed by atoms with Gasteiger partial charge in [-0.05, 0) is 311 Å². The predicted octanol–water partition coefficient (Wildman–Crippen LogP) is -27.0. The van der Waals surface area contributed by atoms with Gasteiger partial charge in [0.25, 0.3) is 0 Å². The zero-order valence-corrected chi connectivity index (χ0v) is 101. The van der Waals surface area contributed by atoms with Crippen LogP contribution in [0.3, 0.4) is 0 Å². The average molecular weight is 1400 g/mol. The zero-order chi connectivity index (χ0) is 47.2. The quantitative estimate of drug-likeness (QED) is 0.0897. The van der Waals surface area contributed by atoms with Crippen molar-refractivity contribution in [2.24, 2.45) is 0 Å². The zero-order valence-electron chi connectivity index (χ0n) is 43.6. The number of fused-ring (bicyclic) bond motifs is 1. The third-order valence-corrected chi connectivity index (χ3v) is 816. The van der Waals surface area contributed by atoms with Crippen molar-refractivity contribution in [1.29, 1.82) is 0 Å². The van der Waals surface area contributed by atoms with Gasteiger partial charge >= 0.3 is 0 Å². The topological polar surface area (TPSA) is 55.6 Å². The van der Waals surface area contributed by atoms with Crippen molar-refractivity contribution < 1.29 is 0 Å². The number of nitrogens with zero attached hydrogens (tertiary/aromatic N) is 4. The summed E-state index contributed by atoms with van der Waals surface area (Å²) in [6.45, 7) is 3.13. The van der Waals surface area contributed by atoms with Crippen molar-refractivity contribution >= 4 is 322 Å². The molecule has 342 valence electrons. The second-order valence-electron chi connectivity index (χ2n) is 25.6. The van der Waals surface area contributed by atoms with Crippen LogP contribution in [0.4, 0.5) is 5.82 Å². The van der Waals surface area contributed by atoms with E-state index in [0.29, 0.717) is 18.9 Å². The Hall–Kier alpha value is 4.45. The van der Waals surface area contributed by atoms with Crippen LogP contribution in [0.5, 0.6) is 0 Å². The van der Waals surface area contributed by atoms with Crippen LogP contribution in [0.2, 0.25) is 0 Å². The molecule has 0 spiro atoms. The van der Waals surface area contributed by atoms with Gasteiger partial charge < -0.3 is 5.32 Å². The average Bonchev–Trinajstić information content (AvgIpc) is 3.45. The van der Waals surface area contributed by atoms with Crippen LogP contribution in [0.15, 0.2) is 66.9 Å². The Morgan fingerprint density at radius 3 is 1.38 bits per heavy atom. The Labute approximate surface area is 449 Å².